The fourth-order valence-corrected chi connectivity index (χ4v) is 2.91. The Morgan fingerprint density at radius 2 is 2.10 bits per heavy atom. The van der Waals surface area contributed by atoms with Crippen molar-refractivity contribution >= 4 is 27.5 Å². The first-order valence-electron chi connectivity index (χ1n) is 6.79. The molecular formula is C16H21NO2S. The molecule has 1 heterocycles. The molecule has 0 bridgehead atoms. The van der Waals surface area contributed by atoms with Gasteiger partial charge in [0.1, 0.15) is 5.60 Å². The number of nitrogens with one attached hydrogen (secondary N) is 1. The first-order chi connectivity index (χ1) is 9.35. The molecule has 1 aromatic heterocycles. The van der Waals surface area contributed by atoms with E-state index in [0.29, 0.717) is 6.54 Å². The Morgan fingerprint density at radius 3 is 2.80 bits per heavy atom. The third-order valence-electron chi connectivity index (χ3n) is 2.97. The van der Waals surface area contributed by atoms with E-state index in [2.05, 4.69) is 35.8 Å². The Balaban J connectivity index is 1.92. The van der Waals surface area contributed by atoms with Crippen molar-refractivity contribution in [2.24, 2.45) is 0 Å². The molecule has 1 amide bonds. The number of fused-ring (bicyclic) bond motifs is 1. The van der Waals surface area contributed by atoms with E-state index < -0.39 is 5.60 Å². The predicted octanol–water partition coefficient (Wildman–Crippen LogP) is 4.28. The number of benzene rings is 1. The van der Waals surface area contributed by atoms with Crippen molar-refractivity contribution in [3.8, 4) is 0 Å². The predicted molar refractivity (Wildman–Crippen MR) is 84.5 cm³/mol. The summed E-state index contributed by atoms with van der Waals surface area (Å²) < 4.78 is 6.53. The van der Waals surface area contributed by atoms with Gasteiger partial charge in [0.25, 0.3) is 0 Å². The molecule has 0 atom stereocenters. The van der Waals surface area contributed by atoms with Crippen LogP contribution in [0.15, 0.2) is 23.6 Å². The number of hydrogen-bond acceptors (Lipinski definition) is 3. The Hall–Kier alpha value is -1.55. The van der Waals surface area contributed by atoms with Crippen LogP contribution in [-0.4, -0.2) is 18.2 Å². The van der Waals surface area contributed by atoms with Gasteiger partial charge in [-0.05, 0) is 74.2 Å². The molecule has 0 aliphatic heterocycles. The Kier molecular flexibility index (Phi) is 4.33. The number of carbonyl (C=O) groups is 1. The zero-order valence-electron chi connectivity index (χ0n) is 12.4. The fourth-order valence-electron chi connectivity index (χ4n) is 2.04. The van der Waals surface area contributed by atoms with Gasteiger partial charge in [-0.3, -0.25) is 0 Å². The molecule has 4 heteroatoms. The molecular weight excluding hydrogens is 270 g/mol. The molecule has 0 fully saturated rings. The van der Waals surface area contributed by atoms with Crippen LogP contribution in [0.1, 0.15) is 31.9 Å². The molecule has 3 nitrogen and oxygen atoms in total. The summed E-state index contributed by atoms with van der Waals surface area (Å²) >= 11 is 1.76. The number of aryl methyl sites for hydroxylation is 1. The van der Waals surface area contributed by atoms with Crippen molar-refractivity contribution in [3.63, 3.8) is 0 Å². The Morgan fingerprint density at radius 1 is 1.35 bits per heavy atom. The summed E-state index contributed by atoms with van der Waals surface area (Å²) in [6, 6.07) is 6.55. The van der Waals surface area contributed by atoms with E-state index in [-0.39, 0.29) is 6.09 Å². The van der Waals surface area contributed by atoms with Crippen LogP contribution in [0.4, 0.5) is 4.79 Å². The smallest absolute Gasteiger partial charge is 0.407 e. The largest absolute Gasteiger partial charge is 0.444 e. The SMILES string of the molecule is Cc1cc2sccc2cc1CCNC(=O)OC(C)(C)C. The van der Waals surface area contributed by atoms with Crippen LogP contribution in [0.3, 0.4) is 0 Å². The average Bonchev–Trinajstić information content (AvgIpc) is 2.73. The van der Waals surface area contributed by atoms with Crippen molar-refractivity contribution in [3.05, 3.63) is 34.7 Å². The van der Waals surface area contributed by atoms with E-state index in [1.54, 1.807) is 11.3 Å². The molecule has 108 valence electrons. The molecule has 20 heavy (non-hydrogen) atoms. The van der Waals surface area contributed by atoms with Gasteiger partial charge in [-0.15, -0.1) is 11.3 Å². The standard InChI is InChI=1S/C16H21NO2S/c1-11-9-14-13(6-8-20-14)10-12(11)5-7-17-15(18)19-16(2,3)4/h6,8-10H,5,7H2,1-4H3,(H,17,18). The second-order valence-corrected chi connectivity index (χ2v) is 6.86. The summed E-state index contributed by atoms with van der Waals surface area (Å²) in [7, 11) is 0. The van der Waals surface area contributed by atoms with Gasteiger partial charge in [0.05, 0.1) is 0 Å². The number of carbonyl (C=O) groups excluding carboxylic acids is 1. The number of alkyl carbamates (subject to hydrolysis) is 1. The molecule has 1 N–H and O–H groups in total. The van der Waals surface area contributed by atoms with Crippen LogP contribution in [0.2, 0.25) is 0 Å². The van der Waals surface area contributed by atoms with Gasteiger partial charge in [0.2, 0.25) is 0 Å². The van der Waals surface area contributed by atoms with Crippen LogP contribution in [-0.2, 0) is 11.2 Å². The molecule has 0 aliphatic rings. The van der Waals surface area contributed by atoms with Gasteiger partial charge in [0, 0.05) is 11.2 Å². The summed E-state index contributed by atoms with van der Waals surface area (Å²) in [6.07, 6.45) is 0.461. The molecule has 2 aromatic rings. The molecule has 0 spiro atoms. The van der Waals surface area contributed by atoms with Crippen LogP contribution in [0.25, 0.3) is 10.1 Å². The quantitative estimate of drug-likeness (QED) is 0.916. The van der Waals surface area contributed by atoms with E-state index in [4.69, 9.17) is 4.74 Å². The van der Waals surface area contributed by atoms with Crippen LogP contribution in [0.5, 0.6) is 0 Å². The van der Waals surface area contributed by atoms with Crippen molar-refractivity contribution in [1.82, 2.24) is 5.32 Å². The lowest BCUT2D eigenvalue weighted by Crippen LogP contribution is -2.33. The summed E-state index contributed by atoms with van der Waals surface area (Å²) in [5.41, 5.74) is 2.09. The fraction of sp³-hybridized carbons (Fsp3) is 0.438. The van der Waals surface area contributed by atoms with Crippen molar-refractivity contribution in [1.29, 1.82) is 0 Å². The van der Waals surface area contributed by atoms with Crippen molar-refractivity contribution < 1.29 is 9.53 Å². The lowest BCUT2D eigenvalue weighted by Gasteiger charge is -2.19. The second-order valence-electron chi connectivity index (χ2n) is 5.92. The lowest BCUT2D eigenvalue weighted by atomic mass is 10.0. The van der Waals surface area contributed by atoms with E-state index >= 15 is 0 Å². The molecule has 2 rings (SSSR count). The summed E-state index contributed by atoms with van der Waals surface area (Å²) in [6.45, 7) is 8.29. The maximum Gasteiger partial charge on any atom is 0.407 e. The van der Waals surface area contributed by atoms with Crippen molar-refractivity contribution in [2.45, 2.75) is 39.7 Å². The maximum absolute atomic E-state index is 11.6. The molecule has 0 saturated heterocycles. The molecule has 0 radical (unpaired) electrons. The molecule has 0 saturated carbocycles. The van der Waals surface area contributed by atoms with E-state index in [0.717, 1.165) is 6.42 Å². The minimum Gasteiger partial charge on any atom is -0.444 e. The number of hydrogen-bond donors (Lipinski definition) is 1. The van der Waals surface area contributed by atoms with Gasteiger partial charge < -0.3 is 10.1 Å². The second kappa shape index (κ2) is 5.83. The summed E-state index contributed by atoms with van der Waals surface area (Å²) in [5.74, 6) is 0. The minimum atomic E-state index is -0.449. The highest BCUT2D eigenvalue weighted by Crippen LogP contribution is 2.24. The van der Waals surface area contributed by atoms with Gasteiger partial charge >= 0.3 is 6.09 Å². The highest BCUT2D eigenvalue weighted by atomic mass is 32.1. The zero-order valence-corrected chi connectivity index (χ0v) is 13.3. The maximum atomic E-state index is 11.6. The lowest BCUT2D eigenvalue weighted by molar-refractivity contribution is 0.0528. The highest BCUT2D eigenvalue weighted by Gasteiger charge is 2.15. The summed E-state index contributed by atoms with van der Waals surface area (Å²) in [5, 5.41) is 6.17. The number of thiophene rings is 1. The van der Waals surface area contributed by atoms with Gasteiger partial charge in [-0.2, -0.15) is 0 Å². The average molecular weight is 291 g/mol. The topological polar surface area (TPSA) is 38.3 Å². The van der Waals surface area contributed by atoms with Gasteiger partial charge in [0.15, 0.2) is 0 Å². The Bertz CT molecular complexity index is 610. The molecule has 0 aliphatic carbocycles. The number of rotatable bonds is 3. The normalized spacial score (nSPS) is 11.6. The molecule has 0 unspecified atom stereocenters. The summed E-state index contributed by atoms with van der Waals surface area (Å²) in [4.78, 5) is 11.6. The number of ether oxygens (including phenoxy) is 1. The van der Waals surface area contributed by atoms with Gasteiger partial charge in [-0.1, -0.05) is 0 Å². The van der Waals surface area contributed by atoms with E-state index in [9.17, 15) is 4.79 Å². The minimum absolute atomic E-state index is 0.355. The number of amides is 1. The van der Waals surface area contributed by atoms with Gasteiger partial charge in [-0.25, -0.2) is 4.79 Å². The monoisotopic (exact) mass is 291 g/mol. The van der Waals surface area contributed by atoms with Crippen LogP contribution in [0, 0.1) is 6.92 Å². The van der Waals surface area contributed by atoms with Crippen molar-refractivity contribution in [2.75, 3.05) is 6.54 Å². The van der Waals surface area contributed by atoms with Crippen LogP contribution >= 0.6 is 11.3 Å². The van der Waals surface area contributed by atoms with E-state index in [1.165, 1.54) is 21.2 Å². The molecule has 1 aromatic carbocycles. The first kappa shape index (κ1) is 14.9. The van der Waals surface area contributed by atoms with Crippen LogP contribution < -0.4 is 5.32 Å². The third-order valence-corrected chi connectivity index (χ3v) is 3.85. The Labute approximate surface area is 123 Å². The van der Waals surface area contributed by atoms with E-state index in [1.807, 2.05) is 20.8 Å². The third kappa shape index (κ3) is 3.97. The first-order valence-corrected chi connectivity index (χ1v) is 7.67. The highest BCUT2D eigenvalue weighted by molar-refractivity contribution is 7.17. The zero-order chi connectivity index (χ0) is 14.8.